The van der Waals surface area contributed by atoms with Gasteiger partial charge >= 0.3 is 6.09 Å². The zero-order chi connectivity index (χ0) is 27.1. The third kappa shape index (κ3) is 5.23. The Morgan fingerprint density at radius 3 is 2.76 bits per heavy atom. The van der Waals surface area contributed by atoms with E-state index in [0.29, 0.717) is 42.4 Å². The fourth-order valence-electron chi connectivity index (χ4n) is 5.38. The first-order valence-electron chi connectivity index (χ1n) is 12.8. The second-order valence-corrected chi connectivity index (χ2v) is 11.3. The summed E-state index contributed by atoms with van der Waals surface area (Å²) in [5.74, 6) is 0.383. The average Bonchev–Trinajstić information content (AvgIpc) is 3.38. The number of nitrogens with two attached hydrogens (primary N) is 1. The number of ether oxygens (including phenoxy) is 1. The van der Waals surface area contributed by atoms with E-state index in [2.05, 4.69) is 20.6 Å². The molecule has 0 saturated carbocycles. The van der Waals surface area contributed by atoms with Gasteiger partial charge in [-0.2, -0.15) is 0 Å². The minimum Gasteiger partial charge on any atom is -0.465 e. The number of amides is 2. The first kappa shape index (κ1) is 26.1. The Morgan fingerprint density at radius 2 is 2.03 bits per heavy atom. The van der Waals surface area contributed by atoms with Gasteiger partial charge in [0.15, 0.2) is 0 Å². The smallest absolute Gasteiger partial charge is 0.405 e. The van der Waals surface area contributed by atoms with Crippen molar-refractivity contribution in [3.8, 4) is 0 Å². The van der Waals surface area contributed by atoms with Gasteiger partial charge in [-0.3, -0.25) is 4.79 Å². The number of thiophene rings is 1. The summed E-state index contributed by atoms with van der Waals surface area (Å²) < 4.78 is 5.94. The van der Waals surface area contributed by atoms with Crippen molar-refractivity contribution in [2.45, 2.75) is 71.2 Å². The van der Waals surface area contributed by atoms with Gasteiger partial charge in [0.2, 0.25) is 5.95 Å². The van der Waals surface area contributed by atoms with Crippen molar-refractivity contribution in [1.82, 2.24) is 25.6 Å². The van der Waals surface area contributed by atoms with Gasteiger partial charge in [-0.25, -0.2) is 19.7 Å². The number of fused-ring (bicyclic) bond motifs is 2. The fourth-order valence-corrected chi connectivity index (χ4v) is 6.50. The maximum absolute atomic E-state index is 13.1. The van der Waals surface area contributed by atoms with Crippen LogP contribution >= 0.6 is 11.3 Å². The van der Waals surface area contributed by atoms with Crippen LogP contribution in [-0.4, -0.2) is 69.4 Å². The van der Waals surface area contributed by atoms with E-state index < -0.39 is 6.09 Å². The minimum absolute atomic E-state index is 0.0260. The number of carboxylic acid groups (broad SMARTS) is 1. The Hall–Kier alpha value is -3.51. The summed E-state index contributed by atoms with van der Waals surface area (Å²) in [5.41, 5.74) is 10.7. The third-order valence-corrected chi connectivity index (χ3v) is 8.11. The van der Waals surface area contributed by atoms with E-state index in [1.54, 1.807) is 0 Å². The zero-order valence-electron chi connectivity index (χ0n) is 21.9. The fraction of sp³-hybridized carbons (Fsp3) is 0.500. The quantitative estimate of drug-likeness (QED) is 0.370. The summed E-state index contributed by atoms with van der Waals surface area (Å²) >= 11 is 1.33. The van der Waals surface area contributed by atoms with E-state index in [1.807, 2.05) is 44.9 Å². The SMILES string of the molecule is Cc1cc(C)c2c(N)c(C(=O)N[C@@H]3CCc4nc(N5C[C@H](NC(=O)O)[C@@H](OC(C)C)C5)ncc4C3)sc2n1. The molecule has 3 aromatic heterocycles. The van der Waals surface area contributed by atoms with Crippen molar-refractivity contribution in [2.75, 3.05) is 23.7 Å². The van der Waals surface area contributed by atoms with E-state index in [9.17, 15) is 14.7 Å². The van der Waals surface area contributed by atoms with E-state index >= 15 is 0 Å². The minimum atomic E-state index is -1.08. The van der Waals surface area contributed by atoms with Gasteiger partial charge in [0.25, 0.3) is 5.91 Å². The summed E-state index contributed by atoms with van der Waals surface area (Å²) in [4.78, 5) is 41.6. The molecule has 11 nitrogen and oxygen atoms in total. The molecule has 12 heteroatoms. The van der Waals surface area contributed by atoms with Crippen LogP contribution < -0.4 is 21.3 Å². The number of hydrogen-bond acceptors (Lipinski definition) is 9. The molecule has 5 rings (SSSR count). The lowest BCUT2D eigenvalue weighted by Gasteiger charge is -2.26. The number of nitrogen functional groups attached to an aromatic ring is 1. The maximum Gasteiger partial charge on any atom is 0.405 e. The molecule has 3 atom stereocenters. The van der Waals surface area contributed by atoms with Gasteiger partial charge in [0.1, 0.15) is 9.71 Å². The van der Waals surface area contributed by atoms with Crippen LogP contribution in [0.25, 0.3) is 10.2 Å². The molecule has 0 radical (unpaired) electrons. The lowest BCUT2D eigenvalue weighted by Crippen LogP contribution is -2.44. The van der Waals surface area contributed by atoms with Gasteiger partial charge in [0.05, 0.1) is 23.9 Å². The first-order chi connectivity index (χ1) is 18.1. The Balaban J connectivity index is 1.27. The summed E-state index contributed by atoms with van der Waals surface area (Å²) in [5, 5.41) is 15.8. The monoisotopic (exact) mass is 539 g/mol. The van der Waals surface area contributed by atoms with Gasteiger partial charge in [-0.1, -0.05) is 0 Å². The van der Waals surface area contributed by atoms with E-state index in [0.717, 1.165) is 39.2 Å². The van der Waals surface area contributed by atoms with E-state index in [1.165, 1.54) is 11.3 Å². The first-order valence-corrected chi connectivity index (χ1v) is 13.6. The summed E-state index contributed by atoms with van der Waals surface area (Å²) in [6, 6.07) is 1.56. The van der Waals surface area contributed by atoms with Gasteiger partial charge in [-0.05, 0) is 64.2 Å². The number of carbonyl (C=O) groups is 2. The molecule has 3 aromatic rings. The number of nitrogens with zero attached hydrogens (tertiary/aromatic N) is 4. The van der Waals surface area contributed by atoms with Crippen molar-refractivity contribution >= 4 is 45.2 Å². The number of aryl methyl sites for hydroxylation is 3. The number of aromatic nitrogens is 3. The highest BCUT2D eigenvalue weighted by molar-refractivity contribution is 7.21. The molecule has 5 N–H and O–H groups in total. The van der Waals surface area contributed by atoms with Crippen LogP contribution in [0.5, 0.6) is 0 Å². The van der Waals surface area contributed by atoms with Crippen molar-refractivity contribution in [2.24, 2.45) is 0 Å². The van der Waals surface area contributed by atoms with Gasteiger partial charge in [0, 0.05) is 42.1 Å². The second kappa shape index (κ2) is 10.3. The molecule has 1 aliphatic carbocycles. The summed E-state index contributed by atoms with van der Waals surface area (Å²) in [7, 11) is 0. The van der Waals surface area contributed by atoms with Crippen molar-refractivity contribution in [1.29, 1.82) is 0 Å². The van der Waals surface area contributed by atoms with Crippen LogP contribution in [-0.2, 0) is 17.6 Å². The molecule has 2 aliphatic rings. The van der Waals surface area contributed by atoms with Crippen molar-refractivity contribution < 1.29 is 19.4 Å². The molecule has 38 heavy (non-hydrogen) atoms. The molecule has 0 unspecified atom stereocenters. The Kier molecular flexibility index (Phi) is 7.10. The number of anilines is 2. The van der Waals surface area contributed by atoms with E-state index in [-0.39, 0.29) is 30.2 Å². The predicted molar refractivity (Wildman–Crippen MR) is 146 cm³/mol. The molecule has 2 amide bonds. The Bertz CT molecular complexity index is 1390. The van der Waals surface area contributed by atoms with E-state index in [4.69, 9.17) is 15.5 Å². The third-order valence-electron chi connectivity index (χ3n) is 7.01. The highest BCUT2D eigenvalue weighted by Crippen LogP contribution is 2.35. The van der Waals surface area contributed by atoms with Gasteiger partial charge < -0.3 is 31.1 Å². The molecule has 1 aliphatic heterocycles. The molecular weight excluding hydrogens is 506 g/mol. The molecule has 0 spiro atoms. The molecule has 0 bridgehead atoms. The van der Waals surface area contributed by atoms with Gasteiger partial charge in [-0.15, -0.1) is 11.3 Å². The predicted octanol–water partition coefficient (Wildman–Crippen LogP) is 2.82. The topological polar surface area (TPSA) is 156 Å². The number of hydrogen-bond donors (Lipinski definition) is 4. The molecule has 0 aromatic carbocycles. The van der Waals surface area contributed by atoms with Crippen LogP contribution in [0.15, 0.2) is 12.3 Å². The van der Waals surface area contributed by atoms with Crippen LogP contribution in [0.4, 0.5) is 16.4 Å². The molecule has 202 valence electrons. The number of carbonyl (C=O) groups excluding carboxylic acids is 1. The molecule has 1 saturated heterocycles. The highest BCUT2D eigenvalue weighted by atomic mass is 32.1. The largest absolute Gasteiger partial charge is 0.465 e. The van der Waals surface area contributed by atoms with Crippen molar-refractivity contribution in [3.63, 3.8) is 0 Å². The molecule has 4 heterocycles. The molecule has 1 fully saturated rings. The zero-order valence-corrected chi connectivity index (χ0v) is 22.8. The average molecular weight is 540 g/mol. The lowest BCUT2D eigenvalue weighted by molar-refractivity contribution is 0.00694. The lowest BCUT2D eigenvalue weighted by atomic mass is 9.93. The summed E-state index contributed by atoms with van der Waals surface area (Å²) in [6.07, 6.45) is 2.51. The summed E-state index contributed by atoms with van der Waals surface area (Å²) in [6.45, 7) is 8.72. The standard InChI is InChI=1S/C26H33N7O4S/c1-12(2)37-19-11-33(10-18(19)32-26(35)36)25-28-9-15-8-16(5-6-17(15)31-25)30-23(34)22-21(27)20-13(3)7-14(4)29-24(20)38-22/h7,9,12,16,18-19,32H,5-6,8,10-11,27H2,1-4H3,(H,30,34)(H,35,36)/t16-,18+,19+/m1/s1. The number of rotatable bonds is 6. The van der Waals surface area contributed by atoms with Crippen LogP contribution in [0, 0.1) is 13.8 Å². The Labute approximate surface area is 224 Å². The number of nitrogens with one attached hydrogen (secondary N) is 2. The van der Waals surface area contributed by atoms with Crippen LogP contribution in [0.3, 0.4) is 0 Å². The Morgan fingerprint density at radius 1 is 1.24 bits per heavy atom. The van der Waals surface area contributed by atoms with Crippen LogP contribution in [0.1, 0.15) is 52.5 Å². The maximum atomic E-state index is 13.1. The highest BCUT2D eigenvalue weighted by Gasteiger charge is 2.37. The second-order valence-electron chi connectivity index (χ2n) is 10.3. The van der Waals surface area contributed by atoms with Crippen LogP contribution in [0.2, 0.25) is 0 Å². The number of pyridine rings is 1. The molecular formula is C26H33N7O4S. The van der Waals surface area contributed by atoms with Crippen molar-refractivity contribution in [3.05, 3.63) is 39.7 Å². The normalized spacial score (nSPS) is 21.1.